The Bertz CT molecular complexity index is 1030. The number of carbonyl (C=O) groups excluding carboxylic acids is 2. The SMILES string of the molecule is O=C(NC(=O)c1c(F)cccc1F)Nc1cc(Cl)c(OC(F)(F)[C@H](F)C(F)(F)F)cc1Cl. The minimum atomic E-state index is -5.94. The van der Waals surface area contributed by atoms with Crippen molar-refractivity contribution in [1.82, 2.24) is 5.32 Å². The summed E-state index contributed by atoms with van der Waals surface area (Å²) in [5.74, 6) is -5.20. The van der Waals surface area contributed by atoms with Gasteiger partial charge in [0.2, 0.25) is 0 Å². The number of rotatable bonds is 5. The first-order valence-corrected chi connectivity index (χ1v) is 8.72. The molecule has 0 saturated heterocycles. The van der Waals surface area contributed by atoms with Crippen molar-refractivity contribution in [1.29, 1.82) is 0 Å². The highest BCUT2D eigenvalue weighted by Gasteiger charge is 2.59. The van der Waals surface area contributed by atoms with Crippen LogP contribution in [0.5, 0.6) is 5.75 Å². The van der Waals surface area contributed by atoms with E-state index in [1.165, 1.54) is 0 Å². The number of hydrogen-bond donors (Lipinski definition) is 2. The van der Waals surface area contributed by atoms with Crippen molar-refractivity contribution in [3.8, 4) is 5.75 Å². The number of ether oxygens (including phenoxy) is 1. The number of carbonyl (C=O) groups is 2. The van der Waals surface area contributed by atoms with Crippen molar-refractivity contribution in [3.05, 3.63) is 57.6 Å². The third kappa shape index (κ3) is 5.91. The zero-order valence-electron chi connectivity index (χ0n) is 15.0. The molecule has 2 aromatic carbocycles. The van der Waals surface area contributed by atoms with Crippen LogP contribution in [0.2, 0.25) is 10.0 Å². The van der Waals surface area contributed by atoms with E-state index in [1.807, 2.05) is 5.32 Å². The van der Waals surface area contributed by atoms with E-state index in [1.54, 1.807) is 5.32 Å². The van der Waals surface area contributed by atoms with Gasteiger partial charge < -0.3 is 10.1 Å². The molecule has 2 aromatic rings. The molecule has 0 aliphatic heterocycles. The smallest absolute Gasteiger partial charge is 0.428 e. The predicted octanol–water partition coefficient (Wildman–Crippen LogP) is 6.11. The maximum absolute atomic E-state index is 13.6. The number of anilines is 1. The van der Waals surface area contributed by atoms with Gasteiger partial charge in [0.25, 0.3) is 12.1 Å². The molecule has 0 aliphatic rings. The Morgan fingerprint density at radius 2 is 1.53 bits per heavy atom. The number of hydrogen-bond acceptors (Lipinski definition) is 3. The number of urea groups is 1. The number of amides is 3. The van der Waals surface area contributed by atoms with Gasteiger partial charge in [0.15, 0.2) is 0 Å². The van der Waals surface area contributed by atoms with E-state index in [0.29, 0.717) is 12.1 Å². The molecule has 0 radical (unpaired) electrons. The second-order valence-electron chi connectivity index (χ2n) is 5.84. The molecule has 5 nitrogen and oxygen atoms in total. The quantitative estimate of drug-likeness (QED) is 0.477. The summed E-state index contributed by atoms with van der Waals surface area (Å²) in [5, 5.41) is 1.99. The van der Waals surface area contributed by atoms with E-state index in [9.17, 15) is 44.7 Å². The van der Waals surface area contributed by atoms with Crippen LogP contribution in [0.15, 0.2) is 30.3 Å². The fourth-order valence-corrected chi connectivity index (χ4v) is 2.53. The fraction of sp³-hybridized carbons (Fsp3) is 0.176. The van der Waals surface area contributed by atoms with E-state index < -0.39 is 69.1 Å². The topological polar surface area (TPSA) is 67.4 Å². The Morgan fingerprint density at radius 3 is 2.06 bits per heavy atom. The summed E-state index contributed by atoms with van der Waals surface area (Å²) in [6.07, 6.45) is -16.0. The Hall–Kier alpha value is -2.80. The van der Waals surface area contributed by atoms with Crippen LogP contribution in [0, 0.1) is 11.6 Å². The van der Waals surface area contributed by atoms with Crippen LogP contribution in [0.1, 0.15) is 10.4 Å². The molecule has 1 atom stereocenters. The van der Waals surface area contributed by atoms with Crippen LogP contribution in [-0.4, -0.2) is 30.4 Å². The summed E-state index contributed by atoms with van der Waals surface area (Å²) in [6.45, 7) is 0. The largest absolute Gasteiger partial charge is 0.439 e. The normalized spacial score (nSPS) is 12.8. The lowest BCUT2D eigenvalue weighted by molar-refractivity contribution is -0.304. The van der Waals surface area contributed by atoms with Crippen molar-refractivity contribution < 1.29 is 49.4 Å². The minimum absolute atomic E-state index is 0.439. The van der Waals surface area contributed by atoms with Gasteiger partial charge in [-0.25, -0.2) is 18.0 Å². The first kappa shape index (κ1) is 25.5. The average Bonchev–Trinajstić information content (AvgIpc) is 2.64. The Labute approximate surface area is 183 Å². The summed E-state index contributed by atoms with van der Waals surface area (Å²) < 4.78 is 107. The van der Waals surface area contributed by atoms with Gasteiger partial charge in [0.05, 0.1) is 15.7 Å². The van der Waals surface area contributed by atoms with Gasteiger partial charge in [-0.15, -0.1) is 0 Å². The van der Waals surface area contributed by atoms with Crippen LogP contribution in [-0.2, 0) is 0 Å². The lowest BCUT2D eigenvalue weighted by Gasteiger charge is -2.24. The van der Waals surface area contributed by atoms with Crippen LogP contribution >= 0.6 is 23.2 Å². The van der Waals surface area contributed by atoms with E-state index in [2.05, 4.69) is 4.74 Å². The van der Waals surface area contributed by atoms with Crippen molar-refractivity contribution in [2.45, 2.75) is 18.5 Å². The molecule has 15 heteroatoms. The highest BCUT2D eigenvalue weighted by atomic mass is 35.5. The summed E-state index contributed by atoms with van der Waals surface area (Å²) >= 11 is 11.3. The fourth-order valence-electron chi connectivity index (χ4n) is 2.13. The number of halogens is 10. The van der Waals surface area contributed by atoms with Gasteiger partial charge in [0.1, 0.15) is 22.9 Å². The molecule has 0 bridgehead atoms. The molecule has 2 N–H and O–H groups in total. The molecule has 0 aromatic heterocycles. The molecule has 32 heavy (non-hydrogen) atoms. The minimum Gasteiger partial charge on any atom is -0.428 e. The first-order chi connectivity index (χ1) is 14.6. The highest BCUT2D eigenvalue weighted by molar-refractivity contribution is 6.36. The third-order valence-electron chi connectivity index (χ3n) is 3.52. The summed E-state index contributed by atoms with van der Waals surface area (Å²) in [4.78, 5) is 23.7. The summed E-state index contributed by atoms with van der Waals surface area (Å²) in [6, 6.07) is 2.15. The molecular formula is C17H8Cl2F8N2O3. The lowest BCUT2D eigenvalue weighted by Crippen LogP contribution is -2.45. The van der Waals surface area contributed by atoms with Gasteiger partial charge in [-0.05, 0) is 18.2 Å². The molecule has 174 valence electrons. The number of nitrogens with one attached hydrogen (secondary N) is 2. The zero-order valence-corrected chi connectivity index (χ0v) is 16.5. The average molecular weight is 511 g/mol. The van der Waals surface area contributed by atoms with E-state index in [0.717, 1.165) is 18.2 Å². The predicted molar refractivity (Wildman–Crippen MR) is 95.8 cm³/mol. The van der Waals surface area contributed by atoms with Crippen molar-refractivity contribution in [3.63, 3.8) is 0 Å². The van der Waals surface area contributed by atoms with E-state index in [4.69, 9.17) is 23.2 Å². The molecular weight excluding hydrogens is 503 g/mol. The molecule has 0 spiro atoms. The van der Waals surface area contributed by atoms with E-state index >= 15 is 0 Å². The first-order valence-electron chi connectivity index (χ1n) is 7.96. The number of benzene rings is 2. The maximum atomic E-state index is 13.6. The standard InChI is InChI=1S/C17H8Cl2F8N2O3/c18-6-5-11(32-17(26,27)14(22)16(23,24)25)7(19)4-10(6)28-15(31)29-13(30)12-8(20)2-1-3-9(12)21/h1-5,14H,(H2,28,29,30,31)/t14-/m1/s1. The maximum Gasteiger partial charge on any atom is 0.439 e. The Kier molecular flexibility index (Phi) is 7.45. The second-order valence-corrected chi connectivity index (χ2v) is 6.65. The zero-order chi connectivity index (χ0) is 24.4. The van der Waals surface area contributed by atoms with Crippen LogP contribution in [0.3, 0.4) is 0 Å². The van der Waals surface area contributed by atoms with Crippen LogP contribution in [0.4, 0.5) is 45.6 Å². The van der Waals surface area contributed by atoms with Crippen molar-refractivity contribution in [2.75, 3.05) is 5.32 Å². The Morgan fingerprint density at radius 1 is 0.969 bits per heavy atom. The lowest BCUT2D eigenvalue weighted by atomic mass is 10.2. The molecule has 0 unspecified atom stereocenters. The molecule has 3 amide bonds. The molecule has 2 rings (SSSR count). The van der Waals surface area contributed by atoms with Gasteiger partial charge >= 0.3 is 18.3 Å². The molecule has 0 saturated carbocycles. The second kappa shape index (κ2) is 9.36. The van der Waals surface area contributed by atoms with Gasteiger partial charge in [-0.3, -0.25) is 10.1 Å². The number of imide groups is 1. The van der Waals surface area contributed by atoms with Crippen molar-refractivity contribution in [2.24, 2.45) is 0 Å². The monoisotopic (exact) mass is 510 g/mol. The van der Waals surface area contributed by atoms with Gasteiger partial charge in [-0.2, -0.15) is 22.0 Å². The van der Waals surface area contributed by atoms with Gasteiger partial charge in [0, 0.05) is 6.07 Å². The molecule has 0 heterocycles. The van der Waals surface area contributed by atoms with Crippen LogP contribution in [0.25, 0.3) is 0 Å². The summed E-state index contributed by atoms with van der Waals surface area (Å²) in [5.41, 5.74) is -1.55. The Balaban J connectivity index is 2.16. The van der Waals surface area contributed by atoms with E-state index in [-0.39, 0.29) is 0 Å². The molecule has 0 aliphatic carbocycles. The highest BCUT2D eigenvalue weighted by Crippen LogP contribution is 2.41. The third-order valence-corrected chi connectivity index (χ3v) is 4.12. The van der Waals surface area contributed by atoms with Gasteiger partial charge in [-0.1, -0.05) is 29.3 Å². The number of alkyl halides is 6. The van der Waals surface area contributed by atoms with Crippen LogP contribution < -0.4 is 15.4 Å². The summed E-state index contributed by atoms with van der Waals surface area (Å²) in [7, 11) is 0. The van der Waals surface area contributed by atoms with Crippen molar-refractivity contribution >= 4 is 40.8 Å². The molecule has 0 fully saturated rings.